The van der Waals surface area contributed by atoms with Crippen LogP contribution in [-0.2, 0) is 4.79 Å². The van der Waals surface area contributed by atoms with E-state index in [1.807, 2.05) is 7.05 Å². The summed E-state index contributed by atoms with van der Waals surface area (Å²) in [6.07, 6.45) is 2.99. The van der Waals surface area contributed by atoms with Crippen LogP contribution in [0.2, 0.25) is 0 Å². The average molecular weight is 263 g/mol. The number of likely N-dealkylation sites (N-methyl/N-ethyl adjacent to an activating group) is 2. The van der Waals surface area contributed by atoms with E-state index in [1.54, 1.807) is 30.2 Å². The number of carbonyl (C=O) groups is 1. The second kappa shape index (κ2) is 7.27. The lowest BCUT2D eigenvalue weighted by Crippen LogP contribution is -2.31. The minimum atomic E-state index is -0.460. The van der Waals surface area contributed by atoms with Crippen molar-refractivity contribution >= 4 is 17.7 Å². The van der Waals surface area contributed by atoms with E-state index < -0.39 is 4.92 Å². The maximum Gasteiger partial charge on any atom is 0.270 e. The zero-order valence-electron chi connectivity index (χ0n) is 11.0. The first-order chi connectivity index (χ1) is 9.04. The molecule has 0 saturated carbocycles. The van der Waals surface area contributed by atoms with Crippen LogP contribution in [0.1, 0.15) is 5.56 Å². The fourth-order valence-corrected chi connectivity index (χ4v) is 1.43. The molecule has 0 heterocycles. The molecule has 6 nitrogen and oxygen atoms in total. The van der Waals surface area contributed by atoms with E-state index in [4.69, 9.17) is 0 Å². The van der Waals surface area contributed by atoms with Crippen LogP contribution in [0.3, 0.4) is 0 Å². The number of rotatable bonds is 6. The molecule has 102 valence electrons. The maximum atomic E-state index is 11.7. The Hall–Kier alpha value is -2.21. The molecule has 19 heavy (non-hydrogen) atoms. The number of hydrogen-bond donors (Lipinski definition) is 1. The van der Waals surface area contributed by atoms with Crippen LogP contribution >= 0.6 is 0 Å². The molecule has 0 aliphatic heterocycles. The molecule has 0 radical (unpaired) electrons. The molecule has 1 aromatic carbocycles. The minimum Gasteiger partial charge on any atom is -0.341 e. The van der Waals surface area contributed by atoms with Crippen molar-refractivity contribution in [1.82, 2.24) is 10.2 Å². The van der Waals surface area contributed by atoms with Crippen LogP contribution in [0.4, 0.5) is 5.69 Å². The third-order valence-electron chi connectivity index (χ3n) is 2.57. The number of nitro benzene ring substituents is 1. The summed E-state index contributed by atoms with van der Waals surface area (Å²) in [5, 5.41) is 13.6. The molecule has 1 amide bonds. The second-order valence-electron chi connectivity index (χ2n) is 4.05. The molecule has 0 aliphatic carbocycles. The predicted molar refractivity (Wildman–Crippen MR) is 73.7 cm³/mol. The number of carbonyl (C=O) groups excluding carboxylic acids is 1. The van der Waals surface area contributed by atoms with Crippen molar-refractivity contribution in [2.45, 2.75) is 0 Å². The molecule has 0 aliphatic rings. The number of nitrogens with one attached hydrogen (secondary N) is 1. The van der Waals surface area contributed by atoms with Crippen molar-refractivity contribution in [3.05, 3.63) is 46.0 Å². The van der Waals surface area contributed by atoms with Crippen LogP contribution in [0.25, 0.3) is 6.08 Å². The summed E-state index contributed by atoms with van der Waals surface area (Å²) in [5.41, 5.74) is 0.641. The Labute approximate surface area is 111 Å². The Morgan fingerprint density at radius 3 is 2.89 bits per heavy atom. The van der Waals surface area contributed by atoms with Crippen molar-refractivity contribution < 1.29 is 9.72 Å². The number of nitrogens with zero attached hydrogens (tertiary/aromatic N) is 2. The molecule has 1 aromatic rings. The van der Waals surface area contributed by atoms with Gasteiger partial charge in [0.2, 0.25) is 5.91 Å². The molecule has 0 fully saturated rings. The van der Waals surface area contributed by atoms with E-state index in [-0.39, 0.29) is 11.6 Å². The van der Waals surface area contributed by atoms with Gasteiger partial charge >= 0.3 is 0 Å². The van der Waals surface area contributed by atoms with Crippen LogP contribution in [-0.4, -0.2) is 42.9 Å². The van der Waals surface area contributed by atoms with E-state index >= 15 is 0 Å². The Balaban J connectivity index is 2.68. The number of benzene rings is 1. The molecule has 1 N–H and O–H groups in total. The minimum absolute atomic E-state index is 0.0122. The van der Waals surface area contributed by atoms with Crippen molar-refractivity contribution in [2.75, 3.05) is 27.2 Å². The molecule has 0 spiro atoms. The molecule has 0 bridgehead atoms. The summed E-state index contributed by atoms with van der Waals surface area (Å²) < 4.78 is 0. The van der Waals surface area contributed by atoms with Crippen molar-refractivity contribution in [3.8, 4) is 0 Å². The highest BCUT2D eigenvalue weighted by atomic mass is 16.6. The van der Waals surface area contributed by atoms with Gasteiger partial charge in [-0.25, -0.2) is 0 Å². The van der Waals surface area contributed by atoms with E-state index in [1.165, 1.54) is 18.2 Å². The molecule has 0 unspecified atom stereocenters. The lowest BCUT2D eigenvalue weighted by molar-refractivity contribution is -0.384. The average Bonchev–Trinajstić information content (AvgIpc) is 2.42. The lowest BCUT2D eigenvalue weighted by atomic mass is 10.2. The lowest BCUT2D eigenvalue weighted by Gasteiger charge is -2.14. The largest absolute Gasteiger partial charge is 0.341 e. The van der Waals surface area contributed by atoms with Gasteiger partial charge in [0.1, 0.15) is 0 Å². The first-order valence-electron chi connectivity index (χ1n) is 5.87. The van der Waals surface area contributed by atoms with Gasteiger partial charge in [-0.2, -0.15) is 0 Å². The molecule has 6 heteroatoms. The summed E-state index contributed by atoms with van der Waals surface area (Å²) >= 11 is 0. The highest BCUT2D eigenvalue weighted by Gasteiger charge is 2.05. The molecule has 0 aromatic heterocycles. The third-order valence-corrected chi connectivity index (χ3v) is 2.57. The molecule has 0 atom stereocenters. The topological polar surface area (TPSA) is 75.5 Å². The summed E-state index contributed by atoms with van der Waals surface area (Å²) in [5.74, 6) is -0.137. The van der Waals surface area contributed by atoms with Gasteiger partial charge in [-0.3, -0.25) is 14.9 Å². The quantitative estimate of drug-likeness (QED) is 0.476. The number of hydrogen-bond acceptors (Lipinski definition) is 4. The maximum absolute atomic E-state index is 11.7. The summed E-state index contributed by atoms with van der Waals surface area (Å²) in [4.78, 5) is 23.4. The van der Waals surface area contributed by atoms with Crippen LogP contribution in [0.5, 0.6) is 0 Å². The number of amides is 1. The highest BCUT2D eigenvalue weighted by Crippen LogP contribution is 2.14. The fraction of sp³-hybridized carbons (Fsp3) is 0.308. The van der Waals surface area contributed by atoms with Gasteiger partial charge in [-0.15, -0.1) is 0 Å². The van der Waals surface area contributed by atoms with Crippen LogP contribution in [0.15, 0.2) is 30.3 Å². The zero-order valence-corrected chi connectivity index (χ0v) is 11.0. The first-order valence-corrected chi connectivity index (χ1v) is 5.87. The first kappa shape index (κ1) is 14.8. The highest BCUT2D eigenvalue weighted by molar-refractivity contribution is 5.91. The van der Waals surface area contributed by atoms with E-state index in [0.717, 1.165) is 0 Å². The summed E-state index contributed by atoms with van der Waals surface area (Å²) in [7, 11) is 3.52. The van der Waals surface area contributed by atoms with Gasteiger partial charge in [0.05, 0.1) is 4.92 Å². The fourth-order valence-electron chi connectivity index (χ4n) is 1.43. The molecular weight excluding hydrogens is 246 g/mol. The molecular formula is C13H17N3O3. The Morgan fingerprint density at radius 1 is 1.53 bits per heavy atom. The standard InChI is InChI=1S/C13H17N3O3/c1-14-8-9-15(2)13(17)7-6-11-4-3-5-12(10-11)16(18)19/h3-7,10,14H,8-9H2,1-2H3. The normalized spacial score (nSPS) is 10.6. The van der Waals surface area contributed by atoms with Gasteiger partial charge in [-0.1, -0.05) is 12.1 Å². The number of nitro groups is 1. The van der Waals surface area contributed by atoms with E-state index in [2.05, 4.69) is 5.32 Å². The van der Waals surface area contributed by atoms with Gasteiger partial charge in [0, 0.05) is 38.3 Å². The molecule has 0 saturated heterocycles. The second-order valence-corrected chi connectivity index (χ2v) is 4.05. The zero-order chi connectivity index (χ0) is 14.3. The van der Waals surface area contributed by atoms with Crippen LogP contribution < -0.4 is 5.32 Å². The van der Waals surface area contributed by atoms with Crippen molar-refractivity contribution in [1.29, 1.82) is 0 Å². The van der Waals surface area contributed by atoms with Gasteiger partial charge in [0.15, 0.2) is 0 Å². The predicted octanol–water partition coefficient (Wildman–Crippen LogP) is 1.29. The third kappa shape index (κ3) is 4.89. The van der Waals surface area contributed by atoms with Crippen molar-refractivity contribution in [2.24, 2.45) is 0 Å². The SMILES string of the molecule is CNCCN(C)C(=O)C=Cc1cccc([N+](=O)[O-])c1. The summed E-state index contributed by atoms with van der Waals surface area (Å²) in [6.45, 7) is 1.32. The summed E-state index contributed by atoms with van der Waals surface area (Å²) in [6, 6.07) is 6.15. The van der Waals surface area contributed by atoms with Gasteiger partial charge in [0.25, 0.3) is 5.69 Å². The smallest absolute Gasteiger partial charge is 0.270 e. The van der Waals surface area contributed by atoms with E-state index in [9.17, 15) is 14.9 Å². The van der Waals surface area contributed by atoms with Crippen molar-refractivity contribution in [3.63, 3.8) is 0 Å². The Kier molecular flexibility index (Phi) is 5.69. The molecule has 1 rings (SSSR count). The Morgan fingerprint density at radius 2 is 2.26 bits per heavy atom. The van der Waals surface area contributed by atoms with Crippen LogP contribution in [0, 0.1) is 10.1 Å². The van der Waals surface area contributed by atoms with E-state index in [0.29, 0.717) is 18.7 Å². The van der Waals surface area contributed by atoms with Gasteiger partial charge < -0.3 is 10.2 Å². The van der Waals surface area contributed by atoms with Gasteiger partial charge in [-0.05, 0) is 18.7 Å². The number of non-ortho nitro benzene ring substituents is 1. The monoisotopic (exact) mass is 263 g/mol. The Bertz CT molecular complexity index is 486.